The van der Waals surface area contributed by atoms with Crippen molar-refractivity contribution >= 4 is 28.3 Å². The second-order valence-corrected chi connectivity index (χ2v) is 11.3. The highest BCUT2D eigenvalue weighted by Gasteiger charge is 2.51. The molecule has 0 aromatic heterocycles. The van der Waals surface area contributed by atoms with Crippen molar-refractivity contribution in [3.8, 4) is 0 Å². The van der Waals surface area contributed by atoms with Crippen LogP contribution in [0.1, 0.15) is 32.8 Å². The van der Waals surface area contributed by atoms with Crippen LogP contribution in [0.15, 0.2) is 58.3 Å². The fraction of sp³-hybridized carbons (Fsp3) is 0.478. The maximum atomic E-state index is 13.3. The molecule has 1 heterocycles. The van der Waals surface area contributed by atoms with E-state index < -0.39 is 21.8 Å². The summed E-state index contributed by atoms with van der Waals surface area (Å²) in [6, 6.07) is 12.0. The van der Waals surface area contributed by atoms with Gasteiger partial charge in [0.05, 0.1) is 4.90 Å². The van der Waals surface area contributed by atoms with E-state index in [0.717, 1.165) is 6.92 Å². The second-order valence-electron chi connectivity index (χ2n) is 8.92. The molecule has 0 spiro atoms. The van der Waals surface area contributed by atoms with Crippen LogP contribution in [0.4, 0.5) is 18.9 Å². The number of sulfonamides is 1. The van der Waals surface area contributed by atoms with Crippen LogP contribution in [-0.2, 0) is 15.6 Å². The van der Waals surface area contributed by atoms with Gasteiger partial charge in [0.25, 0.3) is 0 Å². The lowest BCUT2D eigenvalue weighted by Crippen LogP contribution is -2.55. The largest absolute Gasteiger partial charge is 0.421 e. The topological polar surface area (TPSA) is 60.9 Å². The van der Waals surface area contributed by atoms with Crippen LogP contribution < -0.4 is 4.90 Å². The van der Waals surface area contributed by atoms with Crippen molar-refractivity contribution in [2.75, 3.05) is 24.5 Å². The van der Waals surface area contributed by atoms with Crippen LogP contribution in [0.2, 0.25) is 0 Å². The van der Waals surface area contributed by atoms with Crippen LogP contribution in [0, 0.1) is 5.92 Å². The first-order valence-electron chi connectivity index (χ1n) is 10.7. The predicted molar refractivity (Wildman–Crippen MR) is 125 cm³/mol. The average molecular weight is 503 g/mol. The maximum absolute atomic E-state index is 13.3. The Morgan fingerprint density at radius 2 is 1.70 bits per heavy atom. The van der Waals surface area contributed by atoms with E-state index in [9.17, 15) is 26.7 Å². The number of rotatable bonds is 6. The van der Waals surface area contributed by atoms with Crippen molar-refractivity contribution in [1.29, 1.82) is 0 Å². The van der Waals surface area contributed by atoms with Gasteiger partial charge >= 0.3 is 6.18 Å². The van der Waals surface area contributed by atoms with E-state index in [1.54, 1.807) is 30.3 Å². The minimum atomic E-state index is -4.79. The van der Waals surface area contributed by atoms with Gasteiger partial charge in [-0.05, 0) is 49.1 Å². The van der Waals surface area contributed by atoms with Crippen molar-refractivity contribution in [1.82, 2.24) is 4.31 Å². The Hall–Kier alpha value is -1.75. The molecule has 2 aromatic rings. The highest BCUT2D eigenvalue weighted by Crippen LogP contribution is 2.39. The van der Waals surface area contributed by atoms with Crippen LogP contribution in [0.25, 0.3) is 0 Å². The molecule has 3 rings (SSSR count). The SMILES string of the molecule is CC(C)C[C@@H]1CN(S(=O)(=O)c2ccccc2S)CCN1c1ccc([C@](C)(O)C(F)(F)F)cc1. The second kappa shape index (κ2) is 9.48. The van der Waals surface area contributed by atoms with Gasteiger partial charge in [-0.2, -0.15) is 17.5 Å². The van der Waals surface area contributed by atoms with Crippen LogP contribution in [0.5, 0.6) is 0 Å². The van der Waals surface area contributed by atoms with Gasteiger partial charge in [-0.3, -0.25) is 0 Å². The number of hydrogen-bond acceptors (Lipinski definition) is 5. The average Bonchev–Trinajstić information content (AvgIpc) is 2.73. The summed E-state index contributed by atoms with van der Waals surface area (Å²) < 4.78 is 67.5. The quantitative estimate of drug-likeness (QED) is 0.564. The normalized spacial score (nSPS) is 20.2. The molecule has 0 radical (unpaired) electrons. The number of anilines is 1. The Morgan fingerprint density at radius 1 is 1.09 bits per heavy atom. The predicted octanol–water partition coefficient (Wildman–Crippen LogP) is 4.67. The van der Waals surface area contributed by atoms with Crippen LogP contribution in [0.3, 0.4) is 0 Å². The molecule has 0 saturated carbocycles. The third-order valence-electron chi connectivity index (χ3n) is 5.99. The van der Waals surface area contributed by atoms with E-state index in [4.69, 9.17) is 0 Å². The van der Waals surface area contributed by atoms with Gasteiger partial charge in [0.1, 0.15) is 0 Å². The Bertz CT molecular complexity index is 1070. The Kier molecular flexibility index (Phi) is 7.43. The number of thiol groups is 1. The van der Waals surface area contributed by atoms with E-state index in [-0.39, 0.29) is 35.5 Å². The zero-order valence-corrected chi connectivity index (χ0v) is 20.5. The summed E-state index contributed by atoms with van der Waals surface area (Å²) in [6.45, 7) is 5.69. The smallest absolute Gasteiger partial charge is 0.376 e. The minimum absolute atomic E-state index is 0.156. The van der Waals surface area contributed by atoms with Crippen LogP contribution >= 0.6 is 12.6 Å². The lowest BCUT2D eigenvalue weighted by atomic mass is 9.94. The number of hydrogen-bond donors (Lipinski definition) is 2. The van der Waals surface area contributed by atoms with Crippen molar-refractivity contribution in [3.05, 3.63) is 54.1 Å². The zero-order chi connectivity index (χ0) is 24.6. The number of benzene rings is 2. The van der Waals surface area contributed by atoms with E-state index in [0.29, 0.717) is 23.5 Å². The third-order valence-corrected chi connectivity index (χ3v) is 8.45. The first-order chi connectivity index (χ1) is 15.2. The van der Waals surface area contributed by atoms with E-state index in [1.807, 2.05) is 18.7 Å². The van der Waals surface area contributed by atoms with Gasteiger partial charge in [-0.15, -0.1) is 12.6 Å². The number of aliphatic hydroxyl groups is 1. The first-order valence-corrected chi connectivity index (χ1v) is 12.6. The molecule has 1 aliphatic heterocycles. The van der Waals surface area contributed by atoms with E-state index in [1.165, 1.54) is 22.5 Å². The molecule has 1 saturated heterocycles. The molecule has 33 heavy (non-hydrogen) atoms. The molecular weight excluding hydrogens is 473 g/mol. The summed E-state index contributed by atoms with van der Waals surface area (Å²) in [5, 5.41) is 9.93. The molecule has 0 bridgehead atoms. The lowest BCUT2D eigenvalue weighted by molar-refractivity contribution is -0.258. The van der Waals surface area contributed by atoms with E-state index in [2.05, 4.69) is 12.6 Å². The highest BCUT2D eigenvalue weighted by atomic mass is 32.2. The molecule has 2 atom stereocenters. The lowest BCUT2D eigenvalue weighted by Gasteiger charge is -2.43. The van der Waals surface area contributed by atoms with Crippen molar-refractivity contribution < 1.29 is 26.7 Å². The Morgan fingerprint density at radius 3 is 2.24 bits per heavy atom. The minimum Gasteiger partial charge on any atom is -0.376 e. The van der Waals surface area contributed by atoms with Crippen molar-refractivity contribution in [2.45, 2.75) is 54.8 Å². The van der Waals surface area contributed by atoms with E-state index >= 15 is 0 Å². The van der Waals surface area contributed by atoms with Gasteiger partial charge in [-0.1, -0.05) is 38.1 Å². The van der Waals surface area contributed by atoms with Crippen molar-refractivity contribution in [3.63, 3.8) is 0 Å². The summed E-state index contributed by atoms with van der Waals surface area (Å²) in [7, 11) is -3.74. The summed E-state index contributed by atoms with van der Waals surface area (Å²) >= 11 is 4.30. The molecule has 0 unspecified atom stereocenters. The molecular formula is C23H29F3N2O3S2. The Balaban J connectivity index is 1.87. The van der Waals surface area contributed by atoms with Crippen molar-refractivity contribution in [2.24, 2.45) is 5.92 Å². The fourth-order valence-electron chi connectivity index (χ4n) is 4.09. The molecule has 1 aliphatic rings. The standard InChI is InChI=1S/C23H29F3N2O3S2/c1-16(2)14-19-15-27(33(30,31)21-7-5-4-6-20(21)32)12-13-28(19)18-10-8-17(9-11-18)22(3,29)23(24,25)26/h4-11,16,19,29,32H,12-15H2,1-3H3/t19-,22+/m1/s1. The maximum Gasteiger partial charge on any atom is 0.421 e. The molecule has 5 nitrogen and oxygen atoms in total. The summed E-state index contributed by atoms with van der Waals surface area (Å²) in [6.07, 6.45) is -4.09. The number of piperazine rings is 1. The number of nitrogens with zero attached hydrogens (tertiary/aromatic N) is 2. The summed E-state index contributed by atoms with van der Waals surface area (Å²) in [4.78, 5) is 2.57. The zero-order valence-electron chi connectivity index (χ0n) is 18.7. The molecule has 182 valence electrons. The molecule has 2 aromatic carbocycles. The molecule has 0 amide bonds. The monoisotopic (exact) mass is 502 g/mol. The fourth-order valence-corrected chi connectivity index (χ4v) is 6.14. The van der Waals surface area contributed by atoms with Crippen LogP contribution in [-0.4, -0.2) is 49.7 Å². The molecule has 10 heteroatoms. The molecule has 1 fully saturated rings. The van der Waals surface area contributed by atoms with Gasteiger partial charge < -0.3 is 10.0 Å². The van der Waals surface area contributed by atoms with Gasteiger partial charge in [0.2, 0.25) is 10.0 Å². The first kappa shape index (κ1) is 25.9. The third kappa shape index (κ3) is 5.34. The van der Waals surface area contributed by atoms with Gasteiger partial charge in [0, 0.05) is 36.3 Å². The molecule has 0 aliphatic carbocycles. The molecule has 1 N–H and O–H groups in total. The van der Waals surface area contributed by atoms with Gasteiger partial charge in [0.15, 0.2) is 5.60 Å². The number of halogens is 3. The summed E-state index contributed by atoms with van der Waals surface area (Å²) in [5.41, 5.74) is -2.50. The van der Waals surface area contributed by atoms with Gasteiger partial charge in [-0.25, -0.2) is 8.42 Å². The highest BCUT2D eigenvalue weighted by molar-refractivity contribution is 7.90. The summed E-state index contributed by atoms with van der Waals surface area (Å²) in [5.74, 6) is 0.280. The Labute approximate surface area is 198 Å². The number of alkyl halides is 3.